The molecule has 0 amide bonds. The van der Waals surface area contributed by atoms with Gasteiger partial charge in [-0.1, -0.05) is 13.8 Å². The van der Waals surface area contributed by atoms with Gasteiger partial charge in [-0.15, -0.1) is 0 Å². The first-order chi connectivity index (χ1) is 4.22. The molecule has 1 rings (SSSR count). The van der Waals surface area contributed by atoms with Crippen LogP contribution in [0.3, 0.4) is 0 Å². The predicted molar refractivity (Wildman–Crippen MR) is 36.1 cm³/mol. The van der Waals surface area contributed by atoms with E-state index in [4.69, 9.17) is 0 Å². The molecule has 3 atom stereocenters. The number of halogens is 1. The second kappa shape index (κ2) is 2.65. The Morgan fingerprint density at radius 3 is 2.44 bits per heavy atom. The lowest BCUT2D eigenvalue weighted by molar-refractivity contribution is 0.145. The molecule has 0 unspecified atom stereocenters. The van der Waals surface area contributed by atoms with Gasteiger partial charge in [-0.2, -0.15) is 0 Å². The molecule has 1 fully saturated rings. The number of hydrogen-bond donors (Lipinski definition) is 1. The lowest BCUT2D eigenvalue weighted by Gasteiger charge is -2.29. The van der Waals surface area contributed by atoms with Crippen LogP contribution < -0.4 is 5.32 Å². The fraction of sp³-hybridized carbons (Fsp3) is 1.00. The van der Waals surface area contributed by atoms with Crippen molar-refractivity contribution in [3.63, 3.8) is 0 Å². The van der Waals surface area contributed by atoms with Crippen molar-refractivity contribution >= 4 is 0 Å². The number of alkyl halides is 1. The van der Waals surface area contributed by atoms with E-state index < -0.39 is 6.17 Å². The molecular formula is C7H14FN. The van der Waals surface area contributed by atoms with Crippen molar-refractivity contribution in [3.8, 4) is 0 Å². The Hall–Kier alpha value is -0.110. The van der Waals surface area contributed by atoms with Crippen molar-refractivity contribution in [2.45, 2.75) is 20.0 Å². The third kappa shape index (κ3) is 1.42. The molecule has 0 aromatic heterocycles. The van der Waals surface area contributed by atoms with Crippen LogP contribution in [0.25, 0.3) is 0 Å². The smallest absolute Gasteiger partial charge is 0.115 e. The predicted octanol–water partition coefficient (Wildman–Crippen LogP) is 1.20. The summed E-state index contributed by atoms with van der Waals surface area (Å²) in [5.74, 6) is 0.736. The third-order valence-corrected chi connectivity index (χ3v) is 2.27. The molecule has 0 radical (unpaired) electrons. The molecule has 0 saturated carbocycles. The molecule has 1 aliphatic heterocycles. The van der Waals surface area contributed by atoms with Crippen LogP contribution in [0.5, 0.6) is 0 Å². The van der Waals surface area contributed by atoms with Gasteiger partial charge in [-0.3, -0.25) is 0 Å². The molecule has 2 heteroatoms. The molecule has 1 saturated heterocycles. The minimum Gasteiger partial charge on any atom is -0.314 e. The lowest BCUT2D eigenvalue weighted by Crippen LogP contribution is -2.42. The van der Waals surface area contributed by atoms with Crippen molar-refractivity contribution in [3.05, 3.63) is 0 Å². The van der Waals surface area contributed by atoms with Crippen LogP contribution in [0.4, 0.5) is 4.39 Å². The average Bonchev–Trinajstić information content (AvgIpc) is 1.83. The molecule has 0 spiro atoms. The van der Waals surface area contributed by atoms with Gasteiger partial charge in [-0.05, 0) is 18.4 Å². The minimum absolute atomic E-state index is 0.242. The zero-order valence-electron chi connectivity index (χ0n) is 6.02. The summed E-state index contributed by atoms with van der Waals surface area (Å²) in [6.07, 6.45) is -0.631. The first kappa shape index (κ1) is 7.00. The van der Waals surface area contributed by atoms with E-state index in [0.717, 1.165) is 6.54 Å². The summed E-state index contributed by atoms with van der Waals surface area (Å²) in [6.45, 7) is 5.59. The van der Waals surface area contributed by atoms with Crippen molar-refractivity contribution < 1.29 is 4.39 Å². The summed E-state index contributed by atoms with van der Waals surface area (Å²) in [5.41, 5.74) is 0. The second-order valence-electron chi connectivity index (χ2n) is 3.01. The van der Waals surface area contributed by atoms with E-state index >= 15 is 0 Å². The first-order valence-electron chi connectivity index (χ1n) is 3.56. The highest BCUT2D eigenvalue weighted by Gasteiger charge is 2.25. The van der Waals surface area contributed by atoms with Gasteiger partial charge in [0.25, 0.3) is 0 Å². The van der Waals surface area contributed by atoms with E-state index in [1.807, 2.05) is 6.92 Å². The molecule has 1 heterocycles. The summed E-state index contributed by atoms with van der Waals surface area (Å²) in [7, 11) is 0. The molecule has 1 aliphatic rings. The van der Waals surface area contributed by atoms with E-state index in [1.54, 1.807) is 0 Å². The van der Waals surface area contributed by atoms with Gasteiger partial charge in [0.15, 0.2) is 0 Å². The summed E-state index contributed by atoms with van der Waals surface area (Å²) in [4.78, 5) is 0. The first-order valence-corrected chi connectivity index (χ1v) is 3.56. The normalized spacial score (nSPS) is 45.0. The number of piperidine rings is 1. The highest BCUT2D eigenvalue weighted by molar-refractivity contribution is 4.79. The molecule has 54 valence electrons. The summed E-state index contributed by atoms with van der Waals surface area (Å²) < 4.78 is 12.8. The molecule has 1 nitrogen and oxygen atoms in total. The monoisotopic (exact) mass is 131 g/mol. The summed E-state index contributed by atoms with van der Waals surface area (Å²) in [6, 6.07) is 0. The Labute approximate surface area is 55.6 Å². The van der Waals surface area contributed by atoms with Crippen LogP contribution in [-0.2, 0) is 0 Å². The Morgan fingerprint density at radius 1 is 1.33 bits per heavy atom. The van der Waals surface area contributed by atoms with E-state index in [9.17, 15) is 4.39 Å². The molecule has 0 bridgehead atoms. The standard InChI is InChI=1S/C7H14FN/c1-5-3-9-4-7(8)6(5)2/h5-7,9H,3-4H2,1-2H3/t5-,6-,7+/m0/s1. The number of rotatable bonds is 0. The highest BCUT2D eigenvalue weighted by Crippen LogP contribution is 2.19. The quantitative estimate of drug-likeness (QED) is 0.521. The van der Waals surface area contributed by atoms with Gasteiger partial charge in [0.05, 0.1) is 0 Å². The van der Waals surface area contributed by atoms with Crippen molar-refractivity contribution in [1.82, 2.24) is 5.32 Å². The fourth-order valence-corrected chi connectivity index (χ4v) is 1.18. The number of hydrogen-bond acceptors (Lipinski definition) is 1. The van der Waals surface area contributed by atoms with Crippen molar-refractivity contribution in [2.75, 3.05) is 13.1 Å². The van der Waals surface area contributed by atoms with E-state index in [1.165, 1.54) is 0 Å². The largest absolute Gasteiger partial charge is 0.314 e. The van der Waals surface area contributed by atoms with Gasteiger partial charge in [0.2, 0.25) is 0 Å². The van der Waals surface area contributed by atoms with Crippen LogP contribution >= 0.6 is 0 Å². The Morgan fingerprint density at radius 2 is 2.00 bits per heavy atom. The summed E-state index contributed by atoms with van der Waals surface area (Å²) >= 11 is 0. The summed E-state index contributed by atoms with van der Waals surface area (Å²) in [5, 5.41) is 3.04. The zero-order valence-corrected chi connectivity index (χ0v) is 6.02. The SMILES string of the molecule is C[C@@H]1[C@H](F)CNC[C@@H]1C. The van der Waals surface area contributed by atoms with Crippen molar-refractivity contribution in [2.24, 2.45) is 11.8 Å². The van der Waals surface area contributed by atoms with Crippen LogP contribution in [0.1, 0.15) is 13.8 Å². The Kier molecular flexibility index (Phi) is 2.06. The third-order valence-electron chi connectivity index (χ3n) is 2.27. The lowest BCUT2D eigenvalue weighted by atomic mass is 9.88. The molecular weight excluding hydrogens is 117 g/mol. The number of nitrogens with one attached hydrogen (secondary N) is 1. The van der Waals surface area contributed by atoms with E-state index in [2.05, 4.69) is 12.2 Å². The Balaban J connectivity index is 2.41. The van der Waals surface area contributed by atoms with Gasteiger partial charge < -0.3 is 5.32 Å². The molecule has 0 aliphatic carbocycles. The Bertz CT molecular complexity index is 84.9. The van der Waals surface area contributed by atoms with Gasteiger partial charge in [0.1, 0.15) is 6.17 Å². The maximum Gasteiger partial charge on any atom is 0.115 e. The van der Waals surface area contributed by atoms with Crippen molar-refractivity contribution in [1.29, 1.82) is 0 Å². The van der Waals surface area contributed by atoms with E-state index in [-0.39, 0.29) is 5.92 Å². The minimum atomic E-state index is -0.631. The van der Waals surface area contributed by atoms with Crippen LogP contribution in [0.15, 0.2) is 0 Å². The molecule has 9 heavy (non-hydrogen) atoms. The fourth-order valence-electron chi connectivity index (χ4n) is 1.18. The van der Waals surface area contributed by atoms with Crippen LogP contribution in [0, 0.1) is 11.8 Å². The van der Waals surface area contributed by atoms with Gasteiger partial charge in [0, 0.05) is 6.54 Å². The van der Waals surface area contributed by atoms with E-state index in [0.29, 0.717) is 12.5 Å². The van der Waals surface area contributed by atoms with Crippen LogP contribution in [-0.4, -0.2) is 19.3 Å². The molecule has 0 aromatic rings. The second-order valence-corrected chi connectivity index (χ2v) is 3.01. The molecule has 1 N–H and O–H groups in total. The highest BCUT2D eigenvalue weighted by atomic mass is 19.1. The average molecular weight is 131 g/mol. The zero-order chi connectivity index (χ0) is 6.85. The van der Waals surface area contributed by atoms with Gasteiger partial charge >= 0.3 is 0 Å². The topological polar surface area (TPSA) is 12.0 Å². The maximum absolute atomic E-state index is 12.8. The molecule has 0 aromatic carbocycles. The van der Waals surface area contributed by atoms with Crippen LogP contribution in [0.2, 0.25) is 0 Å². The van der Waals surface area contributed by atoms with Gasteiger partial charge in [-0.25, -0.2) is 4.39 Å². The maximum atomic E-state index is 12.8.